The van der Waals surface area contributed by atoms with Gasteiger partial charge in [-0.3, -0.25) is 9.69 Å². The van der Waals surface area contributed by atoms with Gasteiger partial charge in [0.25, 0.3) is 0 Å². The molecule has 3 rings (SSSR count). The number of ether oxygens (including phenoxy) is 1. The van der Waals surface area contributed by atoms with Crippen LogP contribution in [0.3, 0.4) is 0 Å². The SMILES string of the molecule is C[C@@H]1CN(CC(=O)N(Cc2ccccc2)C2CCCC2)C[C@H](C)O1. The molecule has 24 heavy (non-hydrogen) atoms. The van der Waals surface area contributed by atoms with E-state index in [1.165, 1.54) is 18.4 Å². The molecule has 0 spiro atoms. The molecule has 1 aromatic rings. The summed E-state index contributed by atoms with van der Waals surface area (Å²) in [5, 5.41) is 0. The van der Waals surface area contributed by atoms with Gasteiger partial charge in [0, 0.05) is 25.7 Å². The van der Waals surface area contributed by atoms with Gasteiger partial charge in [0.2, 0.25) is 5.91 Å². The summed E-state index contributed by atoms with van der Waals surface area (Å²) in [6, 6.07) is 10.8. The Morgan fingerprint density at radius 2 is 1.75 bits per heavy atom. The molecular weight excluding hydrogens is 300 g/mol. The summed E-state index contributed by atoms with van der Waals surface area (Å²) in [6.07, 6.45) is 5.19. The van der Waals surface area contributed by atoms with Crippen LogP contribution in [0.4, 0.5) is 0 Å². The fraction of sp³-hybridized carbons (Fsp3) is 0.650. The quantitative estimate of drug-likeness (QED) is 0.832. The molecule has 1 saturated carbocycles. The molecule has 1 aromatic carbocycles. The predicted octanol–water partition coefficient (Wildman–Crippen LogP) is 3.07. The average Bonchev–Trinajstić information content (AvgIpc) is 3.06. The van der Waals surface area contributed by atoms with Gasteiger partial charge in [-0.05, 0) is 32.3 Å². The number of carbonyl (C=O) groups is 1. The largest absolute Gasteiger partial charge is 0.373 e. The fourth-order valence-electron chi connectivity index (χ4n) is 4.11. The number of hydrogen-bond donors (Lipinski definition) is 0. The Hall–Kier alpha value is -1.39. The van der Waals surface area contributed by atoms with Crippen molar-refractivity contribution in [3.63, 3.8) is 0 Å². The summed E-state index contributed by atoms with van der Waals surface area (Å²) >= 11 is 0. The van der Waals surface area contributed by atoms with Gasteiger partial charge in [0.1, 0.15) is 0 Å². The highest BCUT2D eigenvalue weighted by molar-refractivity contribution is 5.78. The Morgan fingerprint density at radius 1 is 1.12 bits per heavy atom. The van der Waals surface area contributed by atoms with Crippen molar-refractivity contribution in [2.75, 3.05) is 19.6 Å². The van der Waals surface area contributed by atoms with Gasteiger partial charge < -0.3 is 9.64 Å². The maximum Gasteiger partial charge on any atom is 0.237 e. The summed E-state index contributed by atoms with van der Waals surface area (Å²) < 4.78 is 5.79. The van der Waals surface area contributed by atoms with Crippen LogP contribution in [0.1, 0.15) is 45.1 Å². The normalized spacial score (nSPS) is 25.8. The number of amides is 1. The molecule has 1 heterocycles. The molecule has 1 amide bonds. The third kappa shape index (κ3) is 4.58. The summed E-state index contributed by atoms with van der Waals surface area (Å²) in [4.78, 5) is 17.4. The molecule has 0 radical (unpaired) electrons. The summed E-state index contributed by atoms with van der Waals surface area (Å²) in [6.45, 7) is 7.12. The van der Waals surface area contributed by atoms with Crippen LogP contribution in [0.15, 0.2) is 30.3 Å². The Bertz CT molecular complexity index is 518. The lowest BCUT2D eigenvalue weighted by atomic mass is 10.1. The van der Waals surface area contributed by atoms with E-state index >= 15 is 0 Å². The van der Waals surface area contributed by atoms with Crippen molar-refractivity contribution in [2.24, 2.45) is 0 Å². The highest BCUT2D eigenvalue weighted by Crippen LogP contribution is 2.25. The minimum Gasteiger partial charge on any atom is -0.373 e. The molecule has 0 aromatic heterocycles. The lowest BCUT2D eigenvalue weighted by Gasteiger charge is -2.37. The zero-order chi connectivity index (χ0) is 16.9. The van der Waals surface area contributed by atoms with E-state index in [4.69, 9.17) is 4.74 Å². The molecule has 0 unspecified atom stereocenters. The zero-order valence-electron chi connectivity index (χ0n) is 15.0. The zero-order valence-corrected chi connectivity index (χ0v) is 15.0. The molecule has 1 aliphatic heterocycles. The number of carbonyl (C=O) groups excluding carboxylic acids is 1. The molecule has 0 bridgehead atoms. The van der Waals surface area contributed by atoms with E-state index in [0.29, 0.717) is 12.6 Å². The van der Waals surface area contributed by atoms with E-state index in [1.807, 2.05) is 6.07 Å². The van der Waals surface area contributed by atoms with Crippen molar-refractivity contribution < 1.29 is 9.53 Å². The van der Waals surface area contributed by atoms with Gasteiger partial charge in [-0.2, -0.15) is 0 Å². The topological polar surface area (TPSA) is 32.8 Å². The Morgan fingerprint density at radius 3 is 2.38 bits per heavy atom. The molecule has 4 heteroatoms. The third-order valence-corrected chi connectivity index (χ3v) is 5.14. The third-order valence-electron chi connectivity index (χ3n) is 5.14. The number of morpholine rings is 1. The van der Waals surface area contributed by atoms with Crippen molar-refractivity contribution in [1.29, 1.82) is 0 Å². The molecular formula is C20H30N2O2. The fourth-order valence-corrected chi connectivity index (χ4v) is 4.11. The van der Waals surface area contributed by atoms with Crippen LogP contribution < -0.4 is 0 Å². The second kappa shape index (κ2) is 8.13. The first-order valence-electron chi connectivity index (χ1n) is 9.33. The minimum atomic E-state index is 0.204. The van der Waals surface area contributed by atoms with Crippen LogP contribution in [-0.4, -0.2) is 53.6 Å². The number of nitrogens with zero attached hydrogens (tertiary/aromatic N) is 2. The highest BCUT2D eigenvalue weighted by atomic mass is 16.5. The molecule has 2 fully saturated rings. The van der Waals surface area contributed by atoms with Crippen LogP contribution in [0.5, 0.6) is 0 Å². The van der Waals surface area contributed by atoms with Gasteiger partial charge in [0.15, 0.2) is 0 Å². The number of hydrogen-bond acceptors (Lipinski definition) is 3. The Labute approximate surface area is 145 Å². The van der Waals surface area contributed by atoms with Crippen LogP contribution in [-0.2, 0) is 16.1 Å². The van der Waals surface area contributed by atoms with Gasteiger partial charge in [-0.15, -0.1) is 0 Å². The van der Waals surface area contributed by atoms with Crippen molar-refractivity contribution in [3.05, 3.63) is 35.9 Å². The highest BCUT2D eigenvalue weighted by Gasteiger charge is 2.30. The second-order valence-corrected chi connectivity index (χ2v) is 7.40. The van der Waals surface area contributed by atoms with Gasteiger partial charge >= 0.3 is 0 Å². The smallest absolute Gasteiger partial charge is 0.237 e. The van der Waals surface area contributed by atoms with E-state index in [1.54, 1.807) is 0 Å². The van der Waals surface area contributed by atoms with Crippen molar-refractivity contribution in [3.8, 4) is 0 Å². The van der Waals surface area contributed by atoms with Crippen molar-refractivity contribution >= 4 is 5.91 Å². The lowest BCUT2D eigenvalue weighted by molar-refractivity contribution is -0.138. The van der Waals surface area contributed by atoms with Crippen LogP contribution in [0.2, 0.25) is 0 Å². The second-order valence-electron chi connectivity index (χ2n) is 7.40. The summed E-state index contributed by atoms with van der Waals surface area (Å²) in [5.41, 5.74) is 1.22. The van der Waals surface area contributed by atoms with Crippen LogP contribution in [0, 0.1) is 0 Å². The molecule has 1 saturated heterocycles. The first kappa shape index (κ1) is 17.4. The van der Waals surface area contributed by atoms with Gasteiger partial charge in [0.05, 0.1) is 18.8 Å². The molecule has 2 atom stereocenters. The predicted molar refractivity (Wildman–Crippen MR) is 95.7 cm³/mol. The molecule has 4 nitrogen and oxygen atoms in total. The van der Waals surface area contributed by atoms with E-state index in [2.05, 4.69) is 47.9 Å². The minimum absolute atomic E-state index is 0.204. The average molecular weight is 330 g/mol. The van der Waals surface area contributed by atoms with Gasteiger partial charge in [-0.1, -0.05) is 43.2 Å². The summed E-state index contributed by atoms with van der Waals surface area (Å²) in [7, 11) is 0. The molecule has 0 N–H and O–H groups in total. The summed E-state index contributed by atoms with van der Waals surface area (Å²) in [5.74, 6) is 0.270. The maximum absolute atomic E-state index is 13.1. The van der Waals surface area contributed by atoms with Crippen molar-refractivity contribution in [2.45, 2.75) is 64.3 Å². The maximum atomic E-state index is 13.1. The van der Waals surface area contributed by atoms with Crippen molar-refractivity contribution in [1.82, 2.24) is 9.80 Å². The first-order chi connectivity index (χ1) is 11.6. The number of benzene rings is 1. The van der Waals surface area contributed by atoms with E-state index in [-0.39, 0.29) is 18.1 Å². The van der Waals surface area contributed by atoms with Crippen LogP contribution >= 0.6 is 0 Å². The van der Waals surface area contributed by atoms with Gasteiger partial charge in [-0.25, -0.2) is 0 Å². The van der Waals surface area contributed by atoms with Crippen LogP contribution in [0.25, 0.3) is 0 Å². The van der Waals surface area contributed by atoms with E-state index < -0.39 is 0 Å². The van der Waals surface area contributed by atoms with E-state index in [9.17, 15) is 4.79 Å². The molecule has 132 valence electrons. The lowest BCUT2D eigenvalue weighted by Crippen LogP contribution is -2.51. The Kier molecular flexibility index (Phi) is 5.90. The molecule has 2 aliphatic rings. The number of rotatable bonds is 5. The first-order valence-corrected chi connectivity index (χ1v) is 9.33. The Balaban J connectivity index is 1.66. The van der Waals surface area contributed by atoms with E-state index in [0.717, 1.165) is 32.5 Å². The standard InChI is InChI=1S/C20H30N2O2/c1-16-12-21(13-17(2)24-16)15-20(23)22(19-10-6-7-11-19)14-18-8-4-3-5-9-18/h3-5,8-9,16-17,19H,6-7,10-15H2,1-2H3/t16-,17+. The molecule has 1 aliphatic carbocycles. The monoisotopic (exact) mass is 330 g/mol.